The van der Waals surface area contributed by atoms with Crippen molar-refractivity contribution in [2.75, 3.05) is 18.6 Å². The van der Waals surface area contributed by atoms with Gasteiger partial charge >= 0.3 is 5.97 Å². The fourth-order valence-corrected chi connectivity index (χ4v) is 2.44. The largest absolute Gasteiger partial charge is 0.465 e. The standard InChI is InChI=1S/C13H14ClNO3/c1-8-4-3-5-10(13(17)18-2)12(8)15-7-9(14)6-11(15)16/h3-5,9H,6-7H2,1-2H3. The molecule has 5 heteroatoms. The maximum Gasteiger partial charge on any atom is 0.339 e. The number of carbonyl (C=O) groups excluding carboxylic acids is 2. The number of carbonyl (C=O) groups is 2. The summed E-state index contributed by atoms with van der Waals surface area (Å²) in [5, 5.41) is -0.206. The second-order valence-electron chi connectivity index (χ2n) is 4.27. The van der Waals surface area contributed by atoms with Crippen molar-refractivity contribution < 1.29 is 14.3 Å². The molecule has 4 nitrogen and oxygen atoms in total. The number of para-hydroxylation sites is 1. The first-order valence-electron chi connectivity index (χ1n) is 5.67. The molecule has 1 unspecified atom stereocenters. The van der Waals surface area contributed by atoms with E-state index in [4.69, 9.17) is 16.3 Å². The van der Waals surface area contributed by atoms with Gasteiger partial charge < -0.3 is 9.64 Å². The number of hydrogen-bond acceptors (Lipinski definition) is 3. The molecule has 0 aliphatic carbocycles. The van der Waals surface area contributed by atoms with Crippen molar-refractivity contribution in [3.63, 3.8) is 0 Å². The summed E-state index contributed by atoms with van der Waals surface area (Å²) < 4.78 is 4.74. The van der Waals surface area contributed by atoms with Crippen molar-refractivity contribution in [3.05, 3.63) is 29.3 Å². The SMILES string of the molecule is COC(=O)c1cccc(C)c1N1CC(Cl)CC1=O. The van der Waals surface area contributed by atoms with Crippen LogP contribution in [0.3, 0.4) is 0 Å². The van der Waals surface area contributed by atoms with Gasteiger partial charge in [0.05, 0.1) is 23.7 Å². The van der Waals surface area contributed by atoms with Gasteiger partial charge in [-0.05, 0) is 18.6 Å². The third kappa shape index (κ3) is 2.20. The van der Waals surface area contributed by atoms with Crippen LogP contribution in [0.2, 0.25) is 0 Å². The van der Waals surface area contributed by atoms with Crippen LogP contribution < -0.4 is 4.90 Å². The number of anilines is 1. The molecule has 0 spiro atoms. The Hall–Kier alpha value is -1.55. The Balaban J connectivity index is 2.49. The monoisotopic (exact) mass is 267 g/mol. The molecule has 1 aliphatic heterocycles. The molecule has 1 atom stereocenters. The van der Waals surface area contributed by atoms with Crippen molar-refractivity contribution in [2.45, 2.75) is 18.7 Å². The van der Waals surface area contributed by atoms with Crippen LogP contribution in [0.5, 0.6) is 0 Å². The van der Waals surface area contributed by atoms with Crippen LogP contribution in [0.1, 0.15) is 22.3 Å². The van der Waals surface area contributed by atoms with Crippen LogP contribution in [-0.2, 0) is 9.53 Å². The van der Waals surface area contributed by atoms with Crippen LogP contribution in [-0.4, -0.2) is 30.9 Å². The Labute approximate surface area is 110 Å². The van der Waals surface area contributed by atoms with Gasteiger partial charge in [0, 0.05) is 13.0 Å². The lowest BCUT2D eigenvalue weighted by molar-refractivity contribution is -0.117. The van der Waals surface area contributed by atoms with E-state index in [9.17, 15) is 9.59 Å². The molecule has 0 bridgehead atoms. The van der Waals surface area contributed by atoms with E-state index in [-0.39, 0.29) is 11.3 Å². The number of rotatable bonds is 2. The van der Waals surface area contributed by atoms with Crippen LogP contribution >= 0.6 is 11.6 Å². The van der Waals surface area contributed by atoms with Gasteiger partial charge in [-0.3, -0.25) is 4.79 Å². The summed E-state index contributed by atoms with van der Waals surface area (Å²) in [7, 11) is 1.32. The Morgan fingerprint density at radius 1 is 1.50 bits per heavy atom. The molecule has 2 rings (SSSR count). The summed E-state index contributed by atoms with van der Waals surface area (Å²) in [6.45, 7) is 2.28. The minimum atomic E-state index is -0.445. The summed E-state index contributed by atoms with van der Waals surface area (Å²) in [6.07, 6.45) is 0.302. The Bertz CT molecular complexity index is 501. The van der Waals surface area contributed by atoms with Gasteiger partial charge in [-0.2, -0.15) is 0 Å². The van der Waals surface area contributed by atoms with E-state index in [0.717, 1.165) is 5.56 Å². The molecule has 0 aromatic heterocycles. The second kappa shape index (κ2) is 4.98. The molecule has 18 heavy (non-hydrogen) atoms. The molecular formula is C13H14ClNO3. The molecule has 1 fully saturated rings. The number of esters is 1. The van der Waals surface area contributed by atoms with E-state index in [1.165, 1.54) is 7.11 Å². The summed E-state index contributed by atoms with van der Waals surface area (Å²) in [6, 6.07) is 5.28. The third-order valence-corrected chi connectivity index (χ3v) is 3.28. The van der Waals surface area contributed by atoms with E-state index >= 15 is 0 Å². The van der Waals surface area contributed by atoms with Gasteiger partial charge in [0.25, 0.3) is 0 Å². The van der Waals surface area contributed by atoms with Crippen molar-refractivity contribution in [3.8, 4) is 0 Å². The summed E-state index contributed by atoms with van der Waals surface area (Å²) in [4.78, 5) is 25.2. The molecule has 96 valence electrons. The van der Waals surface area contributed by atoms with Crippen molar-refractivity contribution >= 4 is 29.2 Å². The van der Waals surface area contributed by atoms with Crippen LogP contribution in [0.25, 0.3) is 0 Å². The highest BCUT2D eigenvalue weighted by atomic mass is 35.5. The number of methoxy groups -OCH3 is 1. The van der Waals surface area contributed by atoms with Crippen LogP contribution in [0.15, 0.2) is 18.2 Å². The first-order chi connectivity index (χ1) is 8.54. The van der Waals surface area contributed by atoms with Gasteiger partial charge in [0.15, 0.2) is 0 Å². The quantitative estimate of drug-likeness (QED) is 0.609. The highest BCUT2D eigenvalue weighted by Gasteiger charge is 2.32. The number of aryl methyl sites for hydroxylation is 1. The minimum Gasteiger partial charge on any atom is -0.465 e. The molecule has 1 amide bonds. The topological polar surface area (TPSA) is 46.6 Å². The van der Waals surface area contributed by atoms with Gasteiger partial charge in [-0.15, -0.1) is 11.6 Å². The molecule has 1 aliphatic rings. The number of alkyl halides is 1. The zero-order chi connectivity index (χ0) is 13.3. The average Bonchev–Trinajstić information content (AvgIpc) is 2.67. The molecule has 1 saturated heterocycles. The zero-order valence-corrected chi connectivity index (χ0v) is 11.0. The van der Waals surface area contributed by atoms with E-state index in [0.29, 0.717) is 24.2 Å². The highest BCUT2D eigenvalue weighted by molar-refractivity contribution is 6.24. The van der Waals surface area contributed by atoms with Crippen molar-refractivity contribution in [1.82, 2.24) is 0 Å². The average molecular weight is 268 g/mol. The number of benzene rings is 1. The number of nitrogens with zero attached hydrogens (tertiary/aromatic N) is 1. The van der Waals surface area contributed by atoms with Gasteiger partial charge in [-0.25, -0.2) is 4.79 Å². The number of ether oxygens (including phenoxy) is 1. The first-order valence-corrected chi connectivity index (χ1v) is 6.10. The van der Waals surface area contributed by atoms with E-state index in [2.05, 4.69) is 0 Å². The number of hydrogen-bond donors (Lipinski definition) is 0. The number of amides is 1. The normalized spacial score (nSPS) is 19.2. The van der Waals surface area contributed by atoms with Crippen molar-refractivity contribution in [2.24, 2.45) is 0 Å². The first kappa shape index (κ1) is 12.9. The van der Waals surface area contributed by atoms with Gasteiger partial charge in [0.1, 0.15) is 0 Å². The molecule has 0 radical (unpaired) electrons. The minimum absolute atomic E-state index is 0.0607. The molecule has 1 aromatic rings. The van der Waals surface area contributed by atoms with Crippen LogP contribution in [0, 0.1) is 6.92 Å². The Morgan fingerprint density at radius 3 is 2.78 bits per heavy atom. The fraction of sp³-hybridized carbons (Fsp3) is 0.385. The lowest BCUT2D eigenvalue weighted by Crippen LogP contribution is -2.27. The Morgan fingerprint density at radius 2 is 2.22 bits per heavy atom. The zero-order valence-electron chi connectivity index (χ0n) is 10.3. The Kier molecular flexibility index (Phi) is 3.57. The molecule has 1 heterocycles. The maximum absolute atomic E-state index is 11.9. The molecule has 0 saturated carbocycles. The lowest BCUT2D eigenvalue weighted by atomic mass is 10.1. The van der Waals surface area contributed by atoms with Gasteiger partial charge in [-0.1, -0.05) is 12.1 Å². The lowest BCUT2D eigenvalue weighted by Gasteiger charge is -2.21. The van der Waals surface area contributed by atoms with Crippen molar-refractivity contribution in [1.29, 1.82) is 0 Å². The summed E-state index contributed by atoms with van der Waals surface area (Å²) in [5.41, 5.74) is 1.87. The summed E-state index contributed by atoms with van der Waals surface area (Å²) in [5.74, 6) is -0.506. The fourth-order valence-electron chi connectivity index (χ4n) is 2.17. The molecule has 1 aromatic carbocycles. The van der Waals surface area contributed by atoms with E-state index < -0.39 is 5.97 Å². The number of halogens is 1. The predicted octanol–water partition coefficient (Wildman–Crippen LogP) is 2.13. The van der Waals surface area contributed by atoms with Gasteiger partial charge in [0.2, 0.25) is 5.91 Å². The van der Waals surface area contributed by atoms with E-state index in [1.54, 1.807) is 17.0 Å². The smallest absolute Gasteiger partial charge is 0.339 e. The maximum atomic E-state index is 11.9. The molecule has 0 N–H and O–H groups in total. The second-order valence-corrected chi connectivity index (χ2v) is 4.89. The summed E-state index contributed by atoms with van der Waals surface area (Å²) >= 11 is 5.99. The third-order valence-electron chi connectivity index (χ3n) is 2.99. The molecular weight excluding hydrogens is 254 g/mol. The predicted molar refractivity (Wildman–Crippen MR) is 69.1 cm³/mol. The van der Waals surface area contributed by atoms with E-state index in [1.807, 2.05) is 13.0 Å². The highest BCUT2D eigenvalue weighted by Crippen LogP contribution is 2.31. The van der Waals surface area contributed by atoms with Crippen LogP contribution in [0.4, 0.5) is 5.69 Å².